The van der Waals surface area contributed by atoms with E-state index in [1.807, 2.05) is 0 Å². The van der Waals surface area contributed by atoms with Gasteiger partial charge in [0.2, 0.25) is 0 Å². The van der Waals surface area contributed by atoms with E-state index in [1.54, 1.807) is 37.3 Å². The summed E-state index contributed by atoms with van der Waals surface area (Å²) < 4.78 is 13.2. The zero-order valence-electron chi connectivity index (χ0n) is 10.4. The first-order valence-corrected chi connectivity index (χ1v) is 5.74. The second kappa shape index (κ2) is 5.49. The van der Waals surface area contributed by atoms with Gasteiger partial charge in [-0.15, -0.1) is 0 Å². The number of benzene rings is 2. The van der Waals surface area contributed by atoms with Crippen LogP contribution in [0.1, 0.15) is 15.9 Å². The number of hydrogen-bond donors (Lipinski definition) is 3. The van der Waals surface area contributed by atoms with Crippen molar-refractivity contribution in [3.8, 4) is 0 Å². The SMILES string of the molecule is Cc1cc(F)cc(NC(=O)c2ccccc2NN)c1. The molecule has 0 spiro atoms. The molecule has 2 rings (SSSR count). The molecular formula is C14H14FN3O. The smallest absolute Gasteiger partial charge is 0.257 e. The fourth-order valence-electron chi connectivity index (χ4n) is 1.81. The van der Waals surface area contributed by atoms with Crippen LogP contribution >= 0.6 is 0 Å². The van der Waals surface area contributed by atoms with Gasteiger partial charge in [0, 0.05) is 5.69 Å². The van der Waals surface area contributed by atoms with Gasteiger partial charge in [0.15, 0.2) is 0 Å². The van der Waals surface area contributed by atoms with E-state index in [2.05, 4.69) is 10.7 Å². The average Bonchev–Trinajstić information content (AvgIpc) is 2.37. The van der Waals surface area contributed by atoms with Gasteiger partial charge in [-0.1, -0.05) is 12.1 Å². The van der Waals surface area contributed by atoms with Crippen LogP contribution in [0.4, 0.5) is 15.8 Å². The van der Waals surface area contributed by atoms with Crippen molar-refractivity contribution in [3.05, 3.63) is 59.4 Å². The van der Waals surface area contributed by atoms with Crippen LogP contribution in [0.5, 0.6) is 0 Å². The summed E-state index contributed by atoms with van der Waals surface area (Å²) in [5.41, 5.74) is 4.50. The van der Waals surface area contributed by atoms with E-state index in [-0.39, 0.29) is 11.7 Å². The number of amides is 1. The van der Waals surface area contributed by atoms with Crippen molar-refractivity contribution >= 4 is 17.3 Å². The molecule has 98 valence electrons. The molecule has 2 aromatic rings. The molecule has 0 atom stereocenters. The minimum Gasteiger partial charge on any atom is -0.323 e. The number of carbonyl (C=O) groups is 1. The molecule has 0 bridgehead atoms. The van der Waals surface area contributed by atoms with Gasteiger partial charge in [-0.05, 0) is 42.8 Å². The average molecular weight is 259 g/mol. The standard InChI is InChI=1S/C14H14FN3O/c1-9-6-10(15)8-11(7-9)17-14(19)12-4-2-3-5-13(12)18-16/h2-8,18H,16H2,1H3,(H,17,19). The lowest BCUT2D eigenvalue weighted by atomic mass is 10.1. The van der Waals surface area contributed by atoms with Crippen molar-refractivity contribution < 1.29 is 9.18 Å². The number of hydrogen-bond acceptors (Lipinski definition) is 3. The second-order valence-corrected chi connectivity index (χ2v) is 4.16. The van der Waals surface area contributed by atoms with Crippen molar-refractivity contribution in [2.75, 3.05) is 10.7 Å². The molecule has 0 aliphatic carbocycles. The second-order valence-electron chi connectivity index (χ2n) is 4.16. The summed E-state index contributed by atoms with van der Waals surface area (Å²) in [5, 5.41) is 2.64. The Labute approximate surface area is 110 Å². The van der Waals surface area contributed by atoms with Crippen LogP contribution in [0.3, 0.4) is 0 Å². The van der Waals surface area contributed by atoms with Crippen LogP contribution in [-0.4, -0.2) is 5.91 Å². The van der Waals surface area contributed by atoms with Gasteiger partial charge in [-0.3, -0.25) is 10.6 Å². The highest BCUT2D eigenvalue weighted by Gasteiger charge is 2.11. The van der Waals surface area contributed by atoms with E-state index in [0.29, 0.717) is 16.9 Å². The quantitative estimate of drug-likeness (QED) is 0.586. The normalized spacial score (nSPS) is 10.1. The molecule has 0 heterocycles. The molecule has 5 heteroatoms. The third kappa shape index (κ3) is 3.08. The van der Waals surface area contributed by atoms with Crippen LogP contribution in [-0.2, 0) is 0 Å². The first kappa shape index (κ1) is 13.0. The highest BCUT2D eigenvalue weighted by molar-refractivity contribution is 6.08. The lowest BCUT2D eigenvalue weighted by Gasteiger charge is -2.10. The van der Waals surface area contributed by atoms with Crippen LogP contribution in [0.15, 0.2) is 42.5 Å². The maximum Gasteiger partial charge on any atom is 0.257 e. The number of halogens is 1. The maximum absolute atomic E-state index is 13.2. The van der Waals surface area contributed by atoms with Gasteiger partial charge in [0.05, 0.1) is 11.3 Å². The third-order valence-corrected chi connectivity index (χ3v) is 2.63. The number of nitrogens with one attached hydrogen (secondary N) is 2. The predicted octanol–water partition coefficient (Wildman–Crippen LogP) is 2.67. The highest BCUT2D eigenvalue weighted by Crippen LogP contribution is 2.18. The van der Waals surface area contributed by atoms with Gasteiger partial charge in [0.1, 0.15) is 5.82 Å². The molecule has 0 saturated carbocycles. The third-order valence-electron chi connectivity index (χ3n) is 2.63. The number of hydrazine groups is 1. The Bertz CT molecular complexity index is 593. The molecule has 4 nitrogen and oxygen atoms in total. The highest BCUT2D eigenvalue weighted by atomic mass is 19.1. The molecule has 0 radical (unpaired) electrons. The zero-order valence-corrected chi connectivity index (χ0v) is 10.4. The molecule has 2 aromatic carbocycles. The summed E-state index contributed by atoms with van der Waals surface area (Å²) in [6.45, 7) is 1.76. The summed E-state index contributed by atoms with van der Waals surface area (Å²) >= 11 is 0. The molecular weight excluding hydrogens is 245 g/mol. The van der Waals surface area contributed by atoms with Crippen LogP contribution in [0.2, 0.25) is 0 Å². The topological polar surface area (TPSA) is 67.2 Å². The molecule has 0 unspecified atom stereocenters. The van der Waals surface area contributed by atoms with Crippen molar-refractivity contribution in [1.82, 2.24) is 0 Å². The van der Waals surface area contributed by atoms with E-state index in [9.17, 15) is 9.18 Å². The Morgan fingerprint density at radius 3 is 2.63 bits per heavy atom. The summed E-state index contributed by atoms with van der Waals surface area (Å²) in [6.07, 6.45) is 0. The van der Waals surface area contributed by atoms with Gasteiger partial charge in [-0.2, -0.15) is 0 Å². The molecule has 0 fully saturated rings. The van der Waals surface area contributed by atoms with E-state index in [4.69, 9.17) is 5.84 Å². The minimum atomic E-state index is -0.388. The van der Waals surface area contributed by atoms with E-state index in [1.165, 1.54) is 12.1 Å². The lowest BCUT2D eigenvalue weighted by molar-refractivity contribution is 0.102. The summed E-state index contributed by atoms with van der Waals surface area (Å²) in [7, 11) is 0. The Kier molecular flexibility index (Phi) is 3.77. The maximum atomic E-state index is 13.2. The Morgan fingerprint density at radius 1 is 1.21 bits per heavy atom. The summed E-state index contributed by atoms with van der Waals surface area (Å²) in [5.74, 6) is 4.60. The Balaban J connectivity index is 2.25. The molecule has 0 aliphatic rings. The van der Waals surface area contributed by atoms with Crippen molar-refractivity contribution in [2.24, 2.45) is 5.84 Å². The largest absolute Gasteiger partial charge is 0.323 e. The zero-order chi connectivity index (χ0) is 13.8. The minimum absolute atomic E-state index is 0.349. The van der Waals surface area contributed by atoms with Crippen LogP contribution in [0.25, 0.3) is 0 Å². The van der Waals surface area contributed by atoms with Crippen LogP contribution in [0, 0.1) is 12.7 Å². The first-order valence-electron chi connectivity index (χ1n) is 5.74. The monoisotopic (exact) mass is 259 g/mol. The number of nitrogens with two attached hydrogens (primary N) is 1. The number of anilines is 2. The number of carbonyl (C=O) groups excluding carboxylic acids is 1. The summed E-state index contributed by atoms with van der Waals surface area (Å²) in [6, 6.07) is 11.2. The van der Waals surface area contributed by atoms with E-state index >= 15 is 0 Å². The number of para-hydroxylation sites is 1. The fourth-order valence-corrected chi connectivity index (χ4v) is 1.81. The molecule has 19 heavy (non-hydrogen) atoms. The molecule has 1 amide bonds. The van der Waals surface area contributed by atoms with Crippen molar-refractivity contribution in [1.29, 1.82) is 0 Å². The van der Waals surface area contributed by atoms with Gasteiger partial charge in [0.25, 0.3) is 5.91 Å². The first-order chi connectivity index (χ1) is 9.10. The van der Waals surface area contributed by atoms with Crippen molar-refractivity contribution in [2.45, 2.75) is 6.92 Å². The number of aryl methyl sites for hydroxylation is 1. The van der Waals surface area contributed by atoms with Gasteiger partial charge < -0.3 is 10.7 Å². The van der Waals surface area contributed by atoms with Crippen LogP contribution < -0.4 is 16.6 Å². The van der Waals surface area contributed by atoms with E-state index in [0.717, 1.165) is 5.56 Å². The van der Waals surface area contributed by atoms with Gasteiger partial charge in [-0.25, -0.2) is 4.39 Å². The van der Waals surface area contributed by atoms with E-state index < -0.39 is 0 Å². The van der Waals surface area contributed by atoms with Gasteiger partial charge >= 0.3 is 0 Å². The molecule has 4 N–H and O–H groups in total. The lowest BCUT2D eigenvalue weighted by Crippen LogP contribution is -2.17. The predicted molar refractivity (Wildman–Crippen MR) is 73.3 cm³/mol. The molecule has 0 saturated heterocycles. The fraction of sp³-hybridized carbons (Fsp3) is 0.0714. The number of rotatable bonds is 3. The Hall–Kier alpha value is -2.40. The molecule has 0 aromatic heterocycles. The molecule has 0 aliphatic heterocycles. The number of nitrogen functional groups attached to an aromatic ring is 1. The van der Waals surface area contributed by atoms with Crippen molar-refractivity contribution in [3.63, 3.8) is 0 Å². The Morgan fingerprint density at radius 2 is 1.95 bits per heavy atom. The summed E-state index contributed by atoms with van der Waals surface area (Å²) in [4.78, 5) is 12.1.